The van der Waals surface area contributed by atoms with Gasteiger partial charge in [-0.1, -0.05) is 40.8 Å². The topological polar surface area (TPSA) is 98.8 Å². The van der Waals surface area contributed by atoms with Crippen LogP contribution in [0.3, 0.4) is 0 Å². The third-order valence-corrected chi connectivity index (χ3v) is 5.35. The second-order valence-electron chi connectivity index (χ2n) is 5.95. The van der Waals surface area contributed by atoms with Crippen molar-refractivity contribution in [2.75, 3.05) is 90.3 Å². The van der Waals surface area contributed by atoms with E-state index >= 15 is 0 Å². The maximum atomic E-state index is 11.9. The fourth-order valence-corrected chi connectivity index (χ4v) is 3.34. The van der Waals surface area contributed by atoms with Gasteiger partial charge in [0.05, 0.1) is 90.8 Å². The average molecular weight is 576 g/mol. The average Bonchev–Trinajstić information content (AvgIpc) is 2.78. The highest BCUT2D eigenvalue weighted by molar-refractivity contribution is 14.1. The van der Waals surface area contributed by atoms with Crippen molar-refractivity contribution in [2.45, 2.75) is 4.90 Å². The van der Waals surface area contributed by atoms with E-state index in [1.807, 2.05) is 0 Å². The highest BCUT2D eigenvalue weighted by atomic mass is 127. The number of hydrogen-bond donors (Lipinski definition) is 0. The molecule has 0 amide bonds. The first-order valence-corrected chi connectivity index (χ1v) is 13.1. The first kappa shape index (κ1) is 28.7. The lowest BCUT2D eigenvalue weighted by Gasteiger charge is -2.08. The summed E-state index contributed by atoms with van der Waals surface area (Å²) in [6.45, 7) is 5.79. The number of ether oxygens (including phenoxy) is 6. The molecule has 9 nitrogen and oxygen atoms in total. The predicted octanol–water partition coefficient (Wildman–Crippen LogP) is 1.93. The molecule has 0 aromatic heterocycles. The van der Waals surface area contributed by atoms with E-state index in [2.05, 4.69) is 22.6 Å². The lowest BCUT2D eigenvalue weighted by Crippen LogP contribution is -2.15. The Morgan fingerprint density at radius 1 is 0.548 bits per heavy atom. The van der Waals surface area contributed by atoms with Gasteiger partial charge in [0.15, 0.2) is 0 Å². The number of rotatable bonds is 22. The number of alkyl halides is 1. The van der Waals surface area contributed by atoms with Crippen LogP contribution >= 0.6 is 22.6 Å². The Labute approximate surface area is 198 Å². The van der Waals surface area contributed by atoms with Crippen molar-refractivity contribution in [1.29, 1.82) is 0 Å². The molecule has 0 aliphatic carbocycles. The van der Waals surface area contributed by atoms with Crippen LogP contribution in [0.25, 0.3) is 0 Å². The monoisotopic (exact) mass is 576 g/mol. The fraction of sp³-hybridized carbons (Fsp3) is 0.700. The van der Waals surface area contributed by atoms with Crippen LogP contribution in [-0.2, 0) is 42.7 Å². The molecule has 0 saturated carbocycles. The van der Waals surface area contributed by atoms with Crippen LogP contribution in [0.4, 0.5) is 0 Å². The Balaban J connectivity index is 1.77. The molecule has 0 saturated heterocycles. The van der Waals surface area contributed by atoms with Gasteiger partial charge in [-0.3, -0.25) is 4.18 Å². The number of halogens is 1. The van der Waals surface area contributed by atoms with E-state index in [0.29, 0.717) is 66.1 Å². The van der Waals surface area contributed by atoms with Gasteiger partial charge in [-0.15, -0.1) is 0 Å². The van der Waals surface area contributed by atoms with E-state index < -0.39 is 10.1 Å². The highest BCUT2D eigenvalue weighted by Gasteiger charge is 2.13. The van der Waals surface area contributed by atoms with Gasteiger partial charge in [-0.05, 0) is 12.1 Å². The molecule has 0 aliphatic rings. The van der Waals surface area contributed by atoms with Gasteiger partial charge < -0.3 is 28.4 Å². The van der Waals surface area contributed by atoms with Crippen LogP contribution < -0.4 is 0 Å². The van der Waals surface area contributed by atoms with Gasteiger partial charge in [0.25, 0.3) is 10.1 Å². The zero-order valence-corrected chi connectivity index (χ0v) is 20.7. The predicted molar refractivity (Wildman–Crippen MR) is 123 cm³/mol. The van der Waals surface area contributed by atoms with Crippen LogP contribution in [0.1, 0.15) is 0 Å². The summed E-state index contributed by atoms with van der Waals surface area (Å²) in [5.74, 6) is 0. The maximum Gasteiger partial charge on any atom is 0.297 e. The van der Waals surface area contributed by atoms with Gasteiger partial charge in [0.2, 0.25) is 0 Å². The highest BCUT2D eigenvalue weighted by Crippen LogP contribution is 2.10. The lowest BCUT2D eigenvalue weighted by molar-refractivity contribution is -0.0171. The molecule has 0 fully saturated rings. The molecule has 0 atom stereocenters. The van der Waals surface area contributed by atoms with E-state index in [0.717, 1.165) is 11.0 Å². The van der Waals surface area contributed by atoms with Gasteiger partial charge in [-0.25, -0.2) is 0 Å². The summed E-state index contributed by atoms with van der Waals surface area (Å²) in [5, 5.41) is 0. The Kier molecular flexibility index (Phi) is 18.7. The molecule has 1 aromatic rings. The Morgan fingerprint density at radius 3 is 1.29 bits per heavy atom. The SMILES string of the molecule is O=S(=O)(OCCOCCOCCOCCOCCOCCOCCI)c1ccccc1. The van der Waals surface area contributed by atoms with Crippen LogP contribution in [0.15, 0.2) is 35.2 Å². The Morgan fingerprint density at radius 2 is 0.903 bits per heavy atom. The van der Waals surface area contributed by atoms with Crippen molar-refractivity contribution in [3.63, 3.8) is 0 Å². The van der Waals surface area contributed by atoms with Crippen LogP contribution in [-0.4, -0.2) is 98.7 Å². The van der Waals surface area contributed by atoms with Crippen LogP contribution in [0, 0.1) is 0 Å². The van der Waals surface area contributed by atoms with Crippen LogP contribution in [0.5, 0.6) is 0 Å². The molecule has 0 bridgehead atoms. The van der Waals surface area contributed by atoms with Crippen LogP contribution in [0.2, 0.25) is 0 Å². The van der Waals surface area contributed by atoms with Crippen molar-refractivity contribution >= 4 is 32.7 Å². The first-order valence-electron chi connectivity index (χ1n) is 10.1. The molecule has 1 rings (SSSR count). The molecule has 0 N–H and O–H groups in total. The molecule has 31 heavy (non-hydrogen) atoms. The molecule has 0 spiro atoms. The summed E-state index contributed by atoms with van der Waals surface area (Å²) >= 11 is 2.26. The lowest BCUT2D eigenvalue weighted by atomic mass is 10.4. The summed E-state index contributed by atoms with van der Waals surface area (Å²) < 4.78 is 61.8. The summed E-state index contributed by atoms with van der Waals surface area (Å²) in [5.41, 5.74) is 0. The molecule has 0 heterocycles. The number of benzene rings is 1. The molecule has 0 unspecified atom stereocenters. The van der Waals surface area contributed by atoms with E-state index in [1.165, 1.54) is 12.1 Å². The summed E-state index contributed by atoms with van der Waals surface area (Å²) in [7, 11) is -3.73. The smallest absolute Gasteiger partial charge is 0.297 e. The Bertz CT molecular complexity index is 616. The summed E-state index contributed by atoms with van der Waals surface area (Å²) in [6, 6.07) is 7.99. The third kappa shape index (κ3) is 16.8. The molecular formula is C20H33IO9S. The van der Waals surface area contributed by atoms with Crippen molar-refractivity contribution in [2.24, 2.45) is 0 Å². The molecule has 0 radical (unpaired) electrons. The van der Waals surface area contributed by atoms with E-state index in [-0.39, 0.29) is 18.1 Å². The van der Waals surface area contributed by atoms with E-state index in [9.17, 15) is 8.42 Å². The maximum absolute atomic E-state index is 11.9. The Hall–Kier alpha value is -0.380. The van der Waals surface area contributed by atoms with Crippen molar-refractivity contribution in [1.82, 2.24) is 0 Å². The molecular weight excluding hydrogens is 543 g/mol. The molecule has 180 valence electrons. The standard InChI is InChI=1S/C20H33IO9S/c21-6-7-24-8-9-25-10-11-26-12-13-27-14-15-28-16-17-29-18-19-30-31(22,23)20-4-2-1-3-5-20/h1-5H,6-19H2. The van der Waals surface area contributed by atoms with Gasteiger partial charge in [0.1, 0.15) is 0 Å². The van der Waals surface area contributed by atoms with Crippen molar-refractivity contribution in [3.05, 3.63) is 30.3 Å². The molecule has 0 aliphatic heterocycles. The fourth-order valence-electron chi connectivity index (χ4n) is 2.11. The van der Waals surface area contributed by atoms with E-state index in [1.54, 1.807) is 18.2 Å². The first-order chi connectivity index (χ1) is 15.2. The minimum atomic E-state index is -3.73. The molecule has 11 heteroatoms. The summed E-state index contributed by atoms with van der Waals surface area (Å²) in [4.78, 5) is 0.129. The second kappa shape index (κ2) is 20.2. The number of hydrogen-bond acceptors (Lipinski definition) is 9. The minimum absolute atomic E-state index is 0.0439. The summed E-state index contributed by atoms with van der Waals surface area (Å²) in [6.07, 6.45) is 0. The minimum Gasteiger partial charge on any atom is -0.378 e. The van der Waals surface area contributed by atoms with Gasteiger partial charge in [-0.2, -0.15) is 8.42 Å². The third-order valence-electron chi connectivity index (χ3n) is 3.58. The second-order valence-corrected chi connectivity index (χ2v) is 8.65. The van der Waals surface area contributed by atoms with E-state index in [4.69, 9.17) is 32.6 Å². The zero-order chi connectivity index (χ0) is 22.5. The van der Waals surface area contributed by atoms with Crippen molar-refractivity contribution < 1.29 is 41.0 Å². The zero-order valence-electron chi connectivity index (χ0n) is 17.7. The molecule has 1 aromatic carbocycles. The van der Waals surface area contributed by atoms with Gasteiger partial charge >= 0.3 is 0 Å². The largest absolute Gasteiger partial charge is 0.378 e. The van der Waals surface area contributed by atoms with Crippen molar-refractivity contribution in [3.8, 4) is 0 Å². The van der Waals surface area contributed by atoms with Gasteiger partial charge in [0, 0.05) is 4.43 Å². The normalized spacial score (nSPS) is 11.8. The quantitative estimate of drug-likeness (QED) is 0.0888.